The third-order valence-corrected chi connectivity index (χ3v) is 6.23. The first-order valence-corrected chi connectivity index (χ1v) is 10.3. The van der Waals surface area contributed by atoms with Gasteiger partial charge in [0.05, 0.1) is 0 Å². The van der Waals surface area contributed by atoms with Crippen LogP contribution >= 0.6 is 33.2 Å². The maximum atomic E-state index is 6.14. The van der Waals surface area contributed by atoms with E-state index in [1.807, 2.05) is 18.2 Å². The van der Waals surface area contributed by atoms with Gasteiger partial charge in [0.25, 0.3) is 0 Å². The van der Waals surface area contributed by atoms with Crippen LogP contribution in [0.4, 0.5) is 0 Å². The Morgan fingerprint density at radius 2 is 1.73 bits per heavy atom. The predicted molar refractivity (Wildman–Crippen MR) is 72.0 cm³/mol. The molecule has 0 bridgehead atoms. The lowest BCUT2D eigenvalue weighted by Crippen LogP contribution is -2.23. The van der Waals surface area contributed by atoms with Crippen molar-refractivity contribution in [3.8, 4) is 0 Å². The van der Waals surface area contributed by atoms with Crippen LogP contribution in [0.5, 0.6) is 0 Å². The Bertz CT molecular complexity index is 282. The molecule has 0 radical (unpaired) electrons. The highest BCUT2D eigenvalue weighted by molar-refractivity contribution is 7.65. The summed E-state index contributed by atoms with van der Waals surface area (Å²) in [5, 5.41) is 0. The van der Waals surface area contributed by atoms with E-state index < -0.39 is 6.00 Å². The van der Waals surface area contributed by atoms with Gasteiger partial charge in [-0.2, -0.15) is 0 Å². The Morgan fingerprint density at radius 1 is 1.13 bits per heavy atom. The van der Waals surface area contributed by atoms with Crippen LogP contribution < -0.4 is 0 Å². The van der Waals surface area contributed by atoms with Gasteiger partial charge in [-0.25, -0.2) is 0 Å². The summed E-state index contributed by atoms with van der Waals surface area (Å²) in [7, 11) is 0. The van der Waals surface area contributed by atoms with Gasteiger partial charge in [0.15, 0.2) is 0 Å². The summed E-state index contributed by atoms with van der Waals surface area (Å²) >= 11 is 18.4. The van der Waals surface area contributed by atoms with Crippen LogP contribution in [0.1, 0.15) is 37.3 Å². The number of halogens is 3. The molecular weight excluding hydrogens is 267 g/mol. The lowest BCUT2D eigenvalue weighted by molar-refractivity contribution is 0.695. The first-order chi connectivity index (χ1) is 7.05. The van der Waals surface area contributed by atoms with Gasteiger partial charge >= 0.3 is 6.00 Å². The van der Waals surface area contributed by atoms with Gasteiger partial charge in [-0.05, 0) is 12.0 Å². The van der Waals surface area contributed by atoms with Crippen molar-refractivity contribution in [3.63, 3.8) is 0 Å². The van der Waals surface area contributed by atoms with E-state index in [-0.39, 0.29) is 5.54 Å². The summed E-state index contributed by atoms with van der Waals surface area (Å²) in [5.74, 6) is 0. The Kier molecular flexibility index (Phi) is 5.48. The van der Waals surface area contributed by atoms with Crippen molar-refractivity contribution in [1.29, 1.82) is 0 Å². The van der Waals surface area contributed by atoms with E-state index in [0.717, 1.165) is 24.8 Å². The topological polar surface area (TPSA) is 0 Å². The fraction of sp³-hybridized carbons (Fsp3) is 0.455. The molecule has 0 N–H and O–H groups in total. The normalized spacial score (nSPS) is 13.9. The van der Waals surface area contributed by atoms with Crippen molar-refractivity contribution >= 4 is 39.2 Å². The fourth-order valence-corrected chi connectivity index (χ4v) is 4.83. The quantitative estimate of drug-likeness (QED) is 0.517. The third kappa shape index (κ3) is 4.35. The lowest BCUT2D eigenvalue weighted by atomic mass is 10.1. The molecule has 1 aromatic carbocycles. The Balaban J connectivity index is 2.82. The second-order valence-corrected chi connectivity index (χ2v) is 12.5. The van der Waals surface area contributed by atoms with E-state index in [0.29, 0.717) is 0 Å². The van der Waals surface area contributed by atoms with Crippen LogP contribution in [-0.2, 0) is 0 Å². The van der Waals surface area contributed by atoms with Gasteiger partial charge < -0.3 is 0 Å². The molecule has 15 heavy (non-hydrogen) atoms. The van der Waals surface area contributed by atoms with Crippen LogP contribution in [0.3, 0.4) is 0 Å². The summed E-state index contributed by atoms with van der Waals surface area (Å²) in [5.41, 5.74) is 1.29. The molecule has 84 valence electrons. The van der Waals surface area contributed by atoms with Crippen LogP contribution in [0, 0.1) is 0 Å². The van der Waals surface area contributed by atoms with Crippen molar-refractivity contribution < 1.29 is 0 Å². The minimum absolute atomic E-state index is 0.128. The smallest absolute Gasteiger partial charge is 0.125 e. The summed E-state index contributed by atoms with van der Waals surface area (Å²) in [4.78, 5) is 0. The molecule has 0 saturated carbocycles. The molecule has 1 aromatic rings. The van der Waals surface area contributed by atoms with Crippen LogP contribution in [0.2, 0.25) is 0 Å². The Hall–Kier alpha value is 0.307. The first kappa shape index (κ1) is 13.4. The monoisotopic (exact) mass is 280 g/mol. The summed E-state index contributed by atoms with van der Waals surface area (Å²) in [6.07, 6.45) is 3.22. The summed E-state index contributed by atoms with van der Waals surface area (Å²) in [6, 6.07) is 7.44. The molecule has 0 spiro atoms. The number of benzene rings is 1. The lowest BCUT2D eigenvalue weighted by Gasteiger charge is -2.22. The van der Waals surface area contributed by atoms with Crippen molar-refractivity contribution in [2.75, 3.05) is 0 Å². The van der Waals surface area contributed by atoms with E-state index in [1.54, 1.807) is 0 Å². The predicted octanol–water partition coefficient (Wildman–Crippen LogP) is 5.15. The standard InChI is InChI=1S/C11H15Cl3Si/c1-2-3-9-11(15(12,13)14)10-7-5-4-6-8-10/h4-8,11H,2-3,9H2,1H3. The van der Waals surface area contributed by atoms with Crippen molar-refractivity contribution in [1.82, 2.24) is 0 Å². The molecule has 0 aliphatic rings. The van der Waals surface area contributed by atoms with Crippen LogP contribution in [0.25, 0.3) is 0 Å². The minimum Gasteiger partial charge on any atom is -0.125 e. The van der Waals surface area contributed by atoms with Crippen molar-refractivity contribution in [3.05, 3.63) is 35.9 Å². The van der Waals surface area contributed by atoms with E-state index in [9.17, 15) is 0 Å². The van der Waals surface area contributed by atoms with E-state index in [2.05, 4.69) is 19.1 Å². The average molecular weight is 282 g/mol. The molecule has 0 fully saturated rings. The molecule has 0 aliphatic carbocycles. The van der Waals surface area contributed by atoms with E-state index >= 15 is 0 Å². The maximum absolute atomic E-state index is 6.14. The first-order valence-electron chi connectivity index (χ1n) is 5.17. The molecule has 0 heterocycles. The second-order valence-electron chi connectivity index (χ2n) is 3.65. The third-order valence-electron chi connectivity index (χ3n) is 2.44. The van der Waals surface area contributed by atoms with Gasteiger partial charge in [0.2, 0.25) is 0 Å². The zero-order valence-corrected chi connectivity index (χ0v) is 12.0. The van der Waals surface area contributed by atoms with Crippen molar-refractivity contribution in [2.45, 2.75) is 31.7 Å². The minimum atomic E-state index is -2.65. The van der Waals surface area contributed by atoms with E-state index in [4.69, 9.17) is 33.2 Å². The van der Waals surface area contributed by atoms with Gasteiger partial charge in [-0.15, -0.1) is 33.2 Å². The molecule has 0 saturated heterocycles. The van der Waals surface area contributed by atoms with Gasteiger partial charge in [0.1, 0.15) is 0 Å². The van der Waals surface area contributed by atoms with Crippen LogP contribution in [-0.4, -0.2) is 6.00 Å². The SMILES string of the molecule is CCCCC(c1ccccc1)[Si](Cl)(Cl)Cl. The van der Waals surface area contributed by atoms with Crippen molar-refractivity contribution in [2.24, 2.45) is 0 Å². The highest BCUT2D eigenvalue weighted by atomic mass is 35.8. The molecule has 1 unspecified atom stereocenters. The number of unbranched alkanes of at least 4 members (excludes halogenated alkanes) is 1. The Labute approximate surface area is 107 Å². The molecule has 0 nitrogen and oxygen atoms in total. The second kappa shape index (κ2) is 6.14. The van der Waals surface area contributed by atoms with Gasteiger partial charge in [-0.1, -0.05) is 50.1 Å². The summed E-state index contributed by atoms with van der Waals surface area (Å²) in [6.45, 7) is 2.15. The highest BCUT2D eigenvalue weighted by Gasteiger charge is 2.37. The number of hydrogen-bond donors (Lipinski definition) is 0. The Morgan fingerprint density at radius 3 is 2.20 bits per heavy atom. The maximum Gasteiger partial charge on any atom is 0.348 e. The number of rotatable bonds is 5. The average Bonchev–Trinajstić information content (AvgIpc) is 2.18. The van der Waals surface area contributed by atoms with Gasteiger partial charge in [-0.3, -0.25) is 0 Å². The number of hydrogen-bond acceptors (Lipinski definition) is 0. The molecule has 0 aliphatic heterocycles. The molecule has 0 aromatic heterocycles. The van der Waals surface area contributed by atoms with Crippen LogP contribution in [0.15, 0.2) is 30.3 Å². The zero-order chi connectivity index (χ0) is 11.3. The van der Waals surface area contributed by atoms with Gasteiger partial charge in [0, 0.05) is 5.54 Å². The largest absolute Gasteiger partial charge is 0.348 e. The molecule has 4 heteroatoms. The fourth-order valence-electron chi connectivity index (χ4n) is 1.61. The molecule has 0 amide bonds. The molecular formula is C11H15Cl3Si. The highest BCUT2D eigenvalue weighted by Crippen LogP contribution is 2.39. The summed E-state index contributed by atoms with van der Waals surface area (Å²) < 4.78 is 0. The molecule has 1 rings (SSSR count). The molecule has 1 atom stereocenters. The zero-order valence-electron chi connectivity index (χ0n) is 8.72. The van der Waals surface area contributed by atoms with E-state index in [1.165, 1.54) is 0 Å².